The van der Waals surface area contributed by atoms with Crippen LogP contribution >= 0.6 is 0 Å². The first kappa shape index (κ1) is 10.5. The second-order valence-electron chi connectivity index (χ2n) is 3.63. The summed E-state index contributed by atoms with van der Waals surface area (Å²) in [6.45, 7) is 0. The Bertz CT molecular complexity index is 723. The third-order valence-corrected chi connectivity index (χ3v) is 3.94. The average Bonchev–Trinajstić information content (AvgIpc) is 2.53. The Morgan fingerprint density at radius 1 is 1.24 bits per heavy atom. The van der Waals surface area contributed by atoms with E-state index in [1.165, 1.54) is 24.3 Å². The fourth-order valence-corrected chi connectivity index (χ4v) is 3.14. The van der Waals surface area contributed by atoms with Gasteiger partial charge in [-0.3, -0.25) is 0 Å². The molecule has 0 saturated carbocycles. The van der Waals surface area contributed by atoms with Crippen molar-refractivity contribution in [2.24, 2.45) is 0 Å². The molecule has 0 bridgehead atoms. The van der Waals surface area contributed by atoms with Crippen molar-refractivity contribution in [3.63, 3.8) is 0 Å². The van der Waals surface area contributed by atoms with Gasteiger partial charge in [-0.25, -0.2) is 5.21 Å². The van der Waals surface area contributed by atoms with Crippen molar-refractivity contribution in [2.45, 2.75) is 4.90 Å². The van der Waals surface area contributed by atoms with E-state index >= 15 is 0 Å². The lowest BCUT2D eigenvalue weighted by Gasteiger charge is -2.13. The molecule has 0 spiro atoms. The standard InChI is InChI=1S/C10H7NO5S/c12-11(13)7-4-5-8-10-6(7)2-1-3-9(10)17(14,15)16-8/h1-5,11-12H. The Labute approximate surface area is 96.3 Å². The lowest BCUT2D eigenvalue weighted by atomic mass is 10.1. The number of rotatable bonds is 1. The van der Waals surface area contributed by atoms with Gasteiger partial charge in [0.25, 0.3) is 0 Å². The predicted octanol–water partition coefficient (Wildman–Crippen LogP) is 0.324. The smallest absolute Gasteiger partial charge is 0.340 e. The summed E-state index contributed by atoms with van der Waals surface area (Å²) in [5.74, 6) is 0.181. The lowest BCUT2D eigenvalue weighted by molar-refractivity contribution is -0.990. The van der Waals surface area contributed by atoms with Gasteiger partial charge in [0.15, 0.2) is 11.4 Å². The maximum absolute atomic E-state index is 11.6. The molecular weight excluding hydrogens is 246 g/mol. The van der Waals surface area contributed by atoms with Crippen LogP contribution in [0.15, 0.2) is 35.2 Å². The molecule has 0 aliphatic carbocycles. The number of nitrogens with one attached hydrogen (secondary N) is 1. The number of benzene rings is 2. The van der Waals surface area contributed by atoms with Crippen LogP contribution in [0.1, 0.15) is 0 Å². The fourth-order valence-electron chi connectivity index (χ4n) is 1.97. The monoisotopic (exact) mass is 253 g/mol. The van der Waals surface area contributed by atoms with E-state index < -0.39 is 15.3 Å². The van der Waals surface area contributed by atoms with Gasteiger partial charge in [-0.05, 0) is 18.2 Å². The van der Waals surface area contributed by atoms with Gasteiger partial charge in [-0.2, -0.15) is 13.6 Å². The Kier molecular flexibility index (Phi) is 1.96. The van der Waals surface area contributed by atoms with Crippen molar-refractivity contribution in [3.05, 3.63) is 35.5 Å². The van der Waals surface area contributed by atoms with Gasteiger partial charge < -0.3 is 9.39 Å². The molecular formula is C10H7NO5S. The van der Waals surface area contributed by atoms with Crippen LogP contribution in [0.25, 0.3) is 10.8 Å². The lowest BCUT2D eigenvalue weighted by Crippen LogP contribution is -2.99. The molecule has 1 aliphatic rings. The van der Waals surface area contributed by atoms with Gasteiger partial charge >= 0.3 is 10.1 Å². The van der Waals surface area contributed by atoms with Crippen molar-refractivity contribution in [1.29, 1.82) is 0 Å². The van der Waals surface area contributed by atoms with E-state index in [0.29, 0.717) is 10.8 Å². The molecule has 3 rings (SSSR count). The topological polar surface area (TPSA) is 91.1 Å². The highest BCUT2D eigenvalue weighted by Gasteiger charge is 2.31. The molecule has 0 radical (unpaired) electrons. The number of quaternary nitrogens is 1. The number of hydrogen-bond acceptors (Lipinski definition) is 5. The number of hydrogen-bond donors (Lipinski definition) is 2. The summed E-state index contributed by atoms with van der Waals surface area (Å²) in [6.07, 6.45) is 0. The SMILES string of the molecule is O=S1(=O)Oc2ccc([NH+]([O-])O)c3cccc1c23. The molecule has 2 aromatic carbocycles. The zero-order valence-electron chi connectivity index (χ0n) is 8.38. The molecule has 0 fully saturated rings. The fraction of sp³-hybridized carbons (Fsp3) is 0. The van der Waals surface area contributed by atoms with Crippen LogP contribution < -0.4 is 9.41 Å². The molecule has 6 nitrogen and oxygen atoms in total. The first-order chi connectivity index (χ1) is 8.00. The maximum atomic E-state index is 11.6. The van der Waals surface area contributed by atoms with E-state index in [1.807, 2.05) is 0 Å². The van der Waals surface area contributed by atoms with Crippen LogP contribution in [0.3, 0.4) is 0 Å². The highest BCUT2D eigenvalue weighted by atomic mass is 32.2. The minimum Gasteiger partial charge on any atom is -0.595 e. The molecule has 0 amide bonds. The van der Waals surface area contributed by atoms with Crippen molar-refractivity contribution >= 4 is 26.6 Å². The average molecular weight is 253 g/mol. The largest absolute Gasteiger partial charge is 0.595 e. The van der Waals surface area contributed by atoms with Crippen molar-refractivity contribution < 1.29 is 23.0 Å². The molecule has 1 atom stereocenters. The van der Waals surface area contributed by atoms with E-state index in [2.05, 4.69) is 0 Å². The molecule has 1 aliphatic heterocycles. The highest BCUT2D eigenvalue weighted by Crippen LogP contribution is 2.41. The Morgan fingerprint density at radius 2 is 2.00 bits per heavy atom. The van der Waals surface area contributed by atoms with Crippen molar-refractivity contribution in [1.82, 2.24) is 0 Å². The maximum Gasteiger partial charge on any atom is 0.340 e. The van der Waals surface area contributed by atoms with Gasteiger partial charge in [-0.1, -0.05) is 6.07 Å². The van der Waals surface area contributed by atoms with Crippen LogP contribution in [0.2, 0.25) is 0 Å². The Hall–Kier alpha value is -1.67. The molecule has 1 unspecified atom stereocenters. The van der Waals surface area contributed by atoms with E-state index in [9.17, 15) is 13.6 Å². The molecule has 17 heavy (non-hydrogen) atoms. The second-order valence-corrected chi connectivity index (χ2v) is 5.15. The van der Waals surface area contributed by atoms with Gasteiger partial charge in [0, 0.05) is 6.07 Å². The molecule has 2 aromatic rings. The first-order valence-electron chi connectivity index (χ1n) is 4.74. The molecule has 88 valence electrons. The Morgan fingerprint density at radius 3 is 2.71 bits per heavy atom. The van der Waals surface area contributed by atoms with Gasteiger partial charge in [0.05, 0.1) is 10.8 Å². The van der Waals surface area contributed by atoms with Gasteiger partial charge in [-0.15, -0.1) is 0 Å². The summed E-state index contributed by atoms with van der Waals surface area (Å²) in [4.78, 5) is 0.0214. The molecule has 7 heteroatoms. The van der Waals surface area contributed by atoms with Crippen molar-refractivity contribution in [2.75, 3.05) is 0 Å². The van der Waals surface area contributed by atoms with Crippen LogP contribution in [-0.4, -0.2) is 13.6 Å². The quantitative estimate of drug-likeness (QED) is 0.564. The molecule has 0 aromatic heterocycles. The first-order valence-corrected chi connectivity index (χ1v) is 6.15. The summed E-state index contributed by atoms with van der Waals surface area (Å²) >= 11 is 0. The van der Waals surface area contributed by atoms with Gasteiger partial charge in [0.2, 0.25) is 0 Å². The van der Waals surface area contributed by atoms with E-state index in [-0.39, 0.29) is 16.3 Å². The zero-order valence-corrected chi connectivity index (χ0v) is 9.19. The van der Waals surface area contributed by atoms with E-state index in [0.717, 1.165) is 0 Å². The van der Waals surface area contributed by atoms with Crippen LogP contribution in [0.4, 0.5) is 5.69 Å². The molecule has 1 heterocycles. The molecule has 2 N–H and O–H groups in total. The minimum atomic E-state index is -3.79. The van der Waals surface area contributed by atoms with Crippen LogP contribution in [0.5, 0.6) is 5.75 Å². The zero-order chi connectivity index (χ0) is 12.2. The van der Waals surface area contributed by atoms with Gasteiger partial charge in [0.1, 0.15) is 4.90 Å². The second kappa shape index (κ2) is 3.17. The third kappa shape index (κ3) is 1.34. The summed E-state index contributed by atoms with van der Waals surface area (Å²) in [5, 5.41) is 19.7. The summed E-state index contributed by atoms with van der Waals surface area (Å²) in [7, 11) is -3.79. The van der Waals surface area contributed by atoms with E-state index in [1.54, 1.807) is 6.07 Å². The summed E-state index contributed by atoms with van der Waals surface area (Å²) in [6, 6.07) is 7.17. The van der Waals surface area contributed by atoms with Crippen LogP contribution in [0, 0.1) is 5.21 Å². The minimum absolute atomic E-state index is 0.0214. The third-order valence-electron chi connectivity index (χ3n) is 2.66. The summed E-state index contributed by atoms with van der Waals surface area (Å²) < 4.78 is 28.1. The van der Waals surface area contributed by atoms with Crippen molar-refractivity contribution in [3.8, 4) is 5.75 Å². The van der Waals surface area contributed by atoms with E-state index in [4.69, 9.17) is 9.39 Å². The Balaban J connectivity index is 2.51. The van der Waals surface area contributed by atoms with Crippen LogP contribution in [-0.2, 0) is 10.1 Å². The predicted molar refractivity (Wildman–Crippen MR) is 57.5 cm³/mol. The highest BCUT2D eigenvalue weighted by molar-refractivity contribution is 7.87. The molecule has 0 saturated heterocycles. The normalized spacial score (nSPS) is 18.0. The summed E-state index contributed by atoms with van der Waals surface area (Å²) in [5.41, 5.74) is 0.0614.